The van der Waals surface area contributed by atoms with Crippen molar-refractivity contribution in [2.75, 3.05) is 14.2 Å². The van der Waals surface area contributed by atoms with Crippen LogP contribution in [0.15, 0.2) is 18.2 Å². The van der Waals surface area contributed by atoms with Crippen LogP contribution in [0, 0.1) is 26.7 Å². The van der Waals surface area contributed by atoms with Crippen LogP contribution < -0.4 is 9.47 Å². The summed E-state index contributed by atoms with van der Waals surface area (Å²) in [5.74, 6) is 0.838. The van der Waals surface area contributed by atoms with Gasteiger partial charge in [-0.25, -0.2) is 0 Å². The molecule has 0 aliphatic rings. The number of carbonyl (C=O) groups is 2. The van der Waals surface area contributed by atoms with E-state index in [1.165, 1.54) is 14.2 Å². The molecule has 0 aliphatic carbocycles. The largest absolute Gasteiger partial charge is 0.496 e. The number of hydrogen-bond acceptors (Lipinski definition) is 5. The van der Waals surface area contributed by atoms with Crippen molar-refractivity contribution in [3.8, 4) is 11.5 Å². The molecule has 154 valence electrons. The highest BCUT2D eigenvalue weighted by atomic mass is 31.1. The summed E-state index contributed by atoms with van der Waals surface area (Å²) in [5, 5.41) is 0. The van der Waals surface area contributed by atoms with Gasteiger partial charge in [-0.2, -0.15) is 0 Å². The van der Waals surface area contributed by atoms with Gasteiger partial charge in [-0.05, 0) is 67.5 Å². The first-order valence-electron chi connectivity index (χ1n) is 9.45. The molecule has 5 nitrogen and oxygen atoms in total. The van der Waals surface area contributed by atoms with Crippen molar-refractivity contribution in [2.45, 2.75) is 41.0 Å². The van der Waals surface area contributed by atoms with Gasteiger partial charge >= 0.3 is 0 Å². The Kier molecular flexibility index (Phi) is 7.32. The Labute approximate surface area is 173 Å². The summed E-state index contributed by atoms with van der Waals surface area (Å²) in [7, 11) is 2.40. The molecule has 0 bridgehead atoms. The molecule has 0 radical (unpaired) electrons. The smallest absolute Gasteiger partial charge is 0.253 e. The first-order chi connectivity index (χ1) is 13.7. The highest BCUT2D eigenvalue weighted by Gasteiger charge is 2.29. The fraction of sp³-hybridized carbons (Fsp3) is 0.391. The van der Waals surface area contributed by atoms with E-state index in [0.717, 1.165) is 16.7 Å². The predicted octanol–water partition coefficient (Wildman–Crippen LogP) is 5.49. The summed E-state index contributed by atoms with van der Waals surface area (Å²) >= 11 is 0. The molecule has 0 spiro atoms. The lowest BCUT2D eigenvalue weighted by molar-refractivity contribution is 0.103. The molecule has 0 amide bonds. The van der Waals surface area contributed by atoms with Crippen LogP contribution in [0.2, 0.25) is 0 Å². The third-order valence-electron chi connectivity index (χ3n) is 5.20. The third kappa shape index (κ3) is 4.25. The van der Waals surface area contributed by atoms with Crippen LogP contribution in [-0.2, 0) is 11.0 Å². The third-order valence-corrected chi connectivity index (χ3v) is 5.59. The maximum Gasteiger partial charge on any atom is 0.253 e. The van der Waals surface area contributed by atoms with Crippen LogP contribution in [0.4, 0.5) is 0 Å². The Morgan fingerprint density at radius 1 is 0.897 bits per heavy atom. The van der Waals surface area contributed by atoms with Crippen molar-refractivity contribution in [3.05, 3.63) is 57.1 Å². The van der Waals surface area contributed by atoms with Crippen LogP contribution in [0.3, 0.4) is 0 Å². The Morgan fingerprint density at radius 3 is 1.86 bits per heavy atom. The van der Waals surface area contributed by atoms with Gasteiger partial charge in [0.05, 0.1) is 14.2 Å². The van der Waals surface area contributed by atoms with Crippen molar-refractivity contribution in [1.29, 1.82) is 0 Å². The van der Waals surface area contributed by atoms with E-state index in [0.29, 0.717) is 46.1 Å². The molecule has 0 fully saturated rings. The molecule has 0 saturated carbocycles. The molecule has 0 N–H and O–H groups in total. The molecule has 0 aliphatic heterocycles. The second-order valence-electron chi connectivity index (χ2n) is 7.46. The Morgan fingerprint density at radius 2 is 1.41 bits per heavy atom. The van der Waals surface area contributed by atoms with Crippen molar-refractivity contribution in [3.63, 3.8) is 0 Å². The van der Waals surface area contributed by atoms with E-state index in [9.17, 15) is 14.2 Å². The zero-order valence-electron chi connectivity index (χ0n) is 18.0. The molecule has 2 aromatic rings. The van der Waals surface area contributed by atoms with E-state index in [2.05, 4.69) is 13.8 Å². The quantitative estimate of drug-likeness (QED) is 0.422. The molecule has 2 rings (SSSR count). The minimum absolute atomic E-state index is 0.282. The number of hydrogen-bond donors (Lipinski definition) is 0. The highest BCUT2D eigenvalue weighted by molar-refractivity contribution is 7.47. The number of ether oxygens (including phenoxy) is 2. The fourth-order valence-electron chi connectivity index (χ4n) is 3.89. The minimum atomic E-state index is -0.593. The van der Waals surface area contributed by atoms with Gasteiger partial charge in [0.25, 0.3) is 5.52 Å². The first-order valence-corrected chi connectivity index (χ1v) is 10.3. The molecule has 6 heteroatoms. The summed E-state index contributed by atoms with van der Waals surface area (Å²) < 4.78 is 22.2. The molecule has 0 unspecified atom stereocenters. The molecule has 2 aromatic carbocycles. The first kappa shape index (κ1) is 22.8. The molecular weight excluding hydrogens is 387 g/mol. The van der Waals surface area contributed by atoms with E-state index >= 15 is 0 Å². The van der Waals surface area contributed by atoms with Crippen molar-refractivity contribution >= 4 is 19.8 Å². The van der Waals surface area contributed by atoms with Gasteiger partial charge < -0.3 is 9.47 Å². The van der Waals surface area contributed by atoms with Crippen LogP contribution in [0.1, 0.15) is 62.4 Å². The number of methoxy groups -OCH3 is 2. The van der Waals surface area contributed by atoms with Crippen molar-refractivity contribution < 1.29 is 23.6 Å². The van der Waals surface area contributed by atoms with Crippen LogP contribution in [-0.4, -0.2) is 25.5 Å². The normalized spacial score (nSPS) is 11.0. The number of benzene rings is 2. The molecule has 0 heterocycles. The topological polar surface area (TPSA) is 69.7 Å². The zero-order valence-corrected chi connectivity index (χ0v) is 18.9. The maximum absolute atomic E-state index is 13.7. The van der Waals surface area contributed by atoms with Gasteiger partial charge in [0.15, 0.2) is 0 Å². The monoisotopic (exact) mass is 414 g/mol. The average Bonchev–Trinajstić information content (AvgIpc) is 2.69. The predicted molar refractivity (Wildman–Crippen MR) is 114 cm³/mol. The van der Waals surface area contributed by atoms with Gasteiger partial charge in [0.2, 0.25) is 14.2 Å². The molecule has 29 heavy (non-hydrogen) atoms. The van der Waals surface area contributed by atoms with Crippen LogP contribution in [0.5, 0.6) is 11.5 Å². The van der Waals surface area contributed by atoms with Crippen molar-refractivity contribution in [2.24, 2.45) is 5.92 Å². The molecule has 0 atom stereocenters. The number of rotatable bonds is 8. The van der Waals surface area contributed by atoms with E-state index < -0.39 is 14.0 Å². The van der Waals surface area contributed by atoms with Gasteiger partial charge in [-0.1, -0.05) is 19.9 Å². The molecule has 0 saturated heterocycles. The van der Waals surface area contributed by atoms with Gasteiger partial charge in [-0.3, -0.25) is 14.2 Å². The SMILES string of the molecule is COc1cccc(OC)c1C(=O)c1c(C)c(CC(C)C)c(C)c(C(=O)P=O)c1C. The zero-order chi connectivity index (χ0) is 21.9. The molecular formula is C23H27O5P. The summed E-state index contributed by atoms with van der Waals surface area (Å²) in [4.78, 5) is 26.2. The Balaban J connectivity index is 2.91. The van der Waals surface area contributed by atoms with E-state index in [-0.39, 0.29) is 5.78 Å². The van der Waals surface area contributed by atoms with Crippen LogP contribution >= 0.6 is 8.46 Å². The highest BCUT2D eigenvalue weighted by Crippen LogP contribution is 2.36. The maximum atomic E-state index is 13.7. The van der Waals surface area contributed by atoms with Gasteiger partial charge in [0.1, 0.15) is 17.1 Å². The van der Waals surface area contributed by atoms with E-state index in [1.807, 2.05) is 13.8 Å². The Hall–Kier alpha value is -2.52. The van der Waals surface area contributed by atoms with Gasteiger partial charge in [0, 0.05) is 11.1 Å². The number of ketones is 1. The number of carbonyl (C=O) groups excluding carboxylic acids is 2. The lowest BCUT2D eigenvalue weighted by Gasteiger charge is -2.22. The second kappa shape index (κ2) is 9.32. The van der Waals surface area contributed by atoms with Crippen LogP contribution in [0.25, 0.3) is 0 Å². The summed E-state index contributed by atoms with van der Waals surface area (Å²) in [6.45, 7) is 9.64. The fourth-order valence-corrected chi connectivity index (χ4v) is 4.32. The summed E-state index contributed by atoms with van der Waals surface area (Å²) in [6, 6.07) is 5.15. The average molecular weight is 414 g/mol. The van der Waals surface area contributed by atoms with Crippen molar-refractivity contribution in [1.82, 2.24) is 0 Å². The van der Waals surface area contributed by atoms with Gasteiger partial charge in [-0.15, -0.1) is 0 Å². The second-order valence-corrected chi connectivity index (χ2v) is 8.05. The van der Waals surface area contributed by atoms with E-state index in [1.54, 1.807) is 25.1 Å². The lowest BCUT2D eigenvalue weighted by atomic mass is 9.82. The summed E-state index contributed by atoms with van der Waals surface area (Å²) in [6.07, 6.45) is 0.706. The minimum Gasteiger partial charge on any atom is -0.496 e. The van der Waals surface area contributed by atoms with E-state index in [4.69, 9.17) is 9.47 Å². The summed E-state index contributed by atoms with van der Waals surface area (Å²) in [5.41, 5.74) is 3.64. The molecule has 0 aromatic heterocycles. The Bertz CT molecular complexity index is 954. The standard InChI is InChI=1S/C23H27O5P/c1-12(2)11-16-13(3)19(15(5)20(14(16)4)23(25)29-26)22(24)21-17(27-6)9-8-10-18(21)28-7/h8-10,12H,11H2,1-7H3. The lowest BCUT2D eigenvalue weighted by Crippen LogP contribution is -2.16.